The van der Waals surface area contributed by atoms with Crippen LogP contribution in [0.3, 0.4) is 0 Å². The van der Waals surface area contributed by atoms with Crippen molar-refractivity contribution in [3.8, 4) is 0 Å². The van der Waals surface area contributed by atoms with E-state index in [9.17, 15) is 19.2 Å². The minimum atomic E-state index is -1.42. The van der Waals surface area contributed by atoms with Gasteiger partial charge in [-0.05, 0) is 17.9 Å². The van der Waals surface area contributed by atoms with E-state index in [1.807, 2.05) is 40.8 Å². The Bertz CT molecular complexity index is 471. The Kier molecular flexibility index (Phi) is 26.4. The number of carbonyl (C=O) groups excluding carboxylic acids is 1. The Labute approximate surface area is 195 Å². The van der Waals surface area contributed by atoms with Gasteiger partial charge in [0.05, 0.1) is 0 Å². The molecular formula is C14H23N2O7S4Tc. The fourth-order valence-corrected chi connectivity index (χ4v) is 2.65. The van der Waals surface area contributed by atoms with Gasteiger partial charge in [-0.2, -0.15) is 23.3 Å². The van der Waals surface area contributed by atoms with Crippen molar-refractivity contribution < 1.29 is 52.9 Å². The Balaban J connectivity index is -0.000000581. The zero-order chi connectivity index (χ0) is 22.5. The summed E-state index contributed by atoms with van der Waals surface area (Å²) in [5, 5.41) is 33.0. The second-order valence-corrected chi connectivity index (χ2v) is 6.89. The first-order valence-electron chi connectivity index (χ1n) is 7.52. The Hall–Kier alpha value is -0.401. The molecule has 0 aliphatic carbocycles. The van der Waals surface area contributed by atoms with E-state index in [4.69, 9.17) is 40.6 Å². The number of carbonyl (C=O) groups is 4. The van der Waals surface area contributed by atoms with Gasteiger partial charge >= 0.3 is 47.4 Å². The van der Waals surface area contributed by atoms with Crippen LogP contribution in [0.5, 0.6) is 0 Å². The number of aliphatic carboxylic acids is 3. The van der Waals surface area contributed by atoms with Crippen LogP contribution in [-0.4, -0.2) is 85.1 Å². The molecule has 0 aromatic rings. The minimum Gasteiger partial charge on any atom is -0.792 e. The van der Waals surface area contributed by atoms with Crippen molar-refractivity contribution in [3.05, 3.63) is 0 Å². The number of hydrogen-bond donors (Lipinski definition) is 5. The monoisotopic (exact) mass is 556 g/mol. The predicted molar refractivity (Wildman–Crippen MR) is 113 cm³/mol. The Morgan fingerprint density at radius 3 is 1.64 bits per heavy atom. The fraction of sp³-hybridized carbons (Fsp3) is 0.643. The molecule has 0 saturated carbocycles. The molecule has 0 spiro atoms. The van der Waals surface area contributed by atoms with Gasteiger partial charge < -0.3 is 63.8 Å². The maximum absolute atomic E-state index is 11.3. The molecule has 14 heteroatoms. The van der Waals surface area contributed by atoms with Gasteiger partial charge in [-0.1, -0.05) is 0 Å². The minimum absolute atomic E-state index is 0.282. The van der Waals surface area contributed by atoms with E-state index in [0.29, 0.717) is 0 Å². The Morgan fingerprint density at radius 1 is 0.893 bits per heavy atom. The van der Waals surface area contributed by atoms with E-state index < -0.39 is 42.4 Å². The Morgan fingerprint density at radius 2 is 1.32 bits per heavy atom. The van der Waals surface area contributed by atoms with Crippen molar-refractivity contribution in [2.24, 2.45) is 0 Å². The van der Waals surface area contributed by atoms with Crippen LogP contribution in [0.15, 0.2) is 0 Å². The van der Waals surface area contributed by atoms with Gasteiger partial charge in [-0.3, -0.25) is 9.59 Å². The van der Waals surface area contributed by atoms with Gasteiger partial charge in [0.1, 0.15) is 12.1 Å². The molecule has 2 unspecified atom stereocenters. The van der Waals surface area contributed by atoms with Crippen LogP contribution >= 0.6 is 11.8 Å². The van der Waals surface area contributed by atoms with Crippen molar-refractivity contribution >= 4 is 78.6 Å². The number of urea groups is 1. The number of amides is 2. The average molecular weight is 558 g/mol. The molecule has 9 nitrogen and oxygen atoms in total. The van der Waals surface area contributed by atoms with Crippen LogP contribution in [0.4, 0.5) is 4.79 Å². The maximum Gasteiger partial charge on any atom is -0.0287 e. The largest absolute Gasteiger partial charge is 0.792 e. The summed E-state index contributed by atoms with van der Waals surface area (Å²) in [6.07, 6.45) is -0.760. The molecule has 0 aromatic carbocycles. The van der Waals surface area contributed by atoms with Crippen molar-refractivity contribution in [2.45, 2.75) is 24.9 Å². The van der Waals surface area contributed by atoms with Gasteiger partial charge in [-0.25, -0.2) is 9.59 Å². The second-order valence-electron chi connectivity index (χ2n) is 4.52. The summed E-state index contributed by atoms with van der Waals surface area (Å²) in [6.45, 7) is 0. The first-order chi connectivity index (χ1) is 13.2. The molecule has 2 amide bonds. The van der Waals surface area contributed by atoms with Crippen molar-refractivity contribution in [2.75, 3.05) is 28.8 Å². The molecule has 0 saturated heterocycles. The summed E-state index contributed by atoms with van der Waals surface area (Å²) in [4.78, 5) is 43.0. The molecule has 0 aliphatic rings. The van der Waals surface area contributed by atoms with Crippen molar-refractivity contribution in [1.82, 2.24) is 10.6 Å². The summed E-state index contributed by atoms with van der Waals surface area (Å²) in [7, 11) is 0. The van der Waals surface area contributed by atoms with Crippen LogP contribution in [0.1, 0.15) is 12.8 Å². The number of hydrogen-bond acceptors (Lipinski definition) is 8. The summed E-state index contributed by atoms with van der Waals surface area (Å²) in [5.74, 6) is -0.347. The van der Waals surface area contributed by atoms with Crippen molar-refractivity contribution in [3.63, 3.8) is 0 Å². The predicted octanol–water partition coefficient (Wildman–Crippen LogP) is -0.618. The maximum atomic E-state index is 11.3. The molecule has 0 radical (unpaired) electrons. The van der Waals surface area contributed by atoms with Gasteiger partial charge in [0.15, 0.2) is 0 Å². The number of thioether (sulfide) groups is 1. The number of nitrogens with one attached hydrogen (secondary N) is 2. The summed E-state index contributed by atoms with van der Waals surface area (Å²) >= 11 is 17.7. The van der Waals surface area contributed by atoms with E-state index in [-0.39, 0.29) is 12.2 Å². The SMILES string of the molecule is O=C(O)CCC(NC(=O)NC(C[S-])C(=O)O)C(=O)O.[CH2]=[Tc+3].[S-]CCSCC[S-]. The van der Waals surface area contributed by atoms with Gasteiger partial charge in [0.2, 0.25) is 0 Å². The first kappa shape index (κ1) is 32.3. The molecule has 0 rings (SSSR count). The van der Waals surface area contributed by atoms with E-state index in [0.717, 1.165) is 23.0 Å². The molecule has 0 heterocycles. The van der Waals surface area contributed by atoms with E-state index in [1.165, 1.54) is 0 Å². The van der Waals surface area contributed by atoms with Crippen LogP contribution < -0.4 is 10.6 Å². The number of carboxylic acids is 3. The molecule has 0 aliphatic heterocycles. The third kappa shape index (κ3) is 21.9. The van der Waals surface area contributed by atoms with Gasteiger partial charge in [0, 0.05) is 6.42 Å². The second kappa shape index (κ2) is 22.9. The van der Waals surface area contributed by atoms with E-state index in [1.54, 1.807) is 0 Å². The summed E-state index contributed by atoms with van der Waals surface area (Å²) < 4.78 is 0. The van der Waals surface area contributed by atoms with Gasteiger partial charge in [0.25, 0.3) is 0 Å². The third-order valence-electron chi connectivity index (χ3n) is 2.48. The van der Waals surface area contributed by atoms with Crippen LogP contribution in [-0.2, 0) is 70.7 Å². The van der Waals surface area contributed by atoms with Crippen molar-refractivity contribution in [1.29, 1.82) is 0 Å². The zero-order valence-electron chi connectivity index (χ0n) is 14.8. The van der Waals surface area contributed by atoms with E-state index in [2.05, 4.69) is 17.7 Å². The summed E-state index contributed by atoms with van der Waals surface area (Å²) in [6, 6.07) is -3.77. The summed E-state index contributed by atoms with van der Waals surface area (Å²) in [5.41, 5.74) is 0. The van der Waals surface area contributed by atoms with Crippen LogP contribution in [0, 0.1) is 0 Å². The number of rotatable bonds is 12. The normalized spacial score (nSPS) is 11.4. The molecule has 162 valence electrons. The number of carboxylic acid groups (broad SMARTS) is 3. The first-order valence-corrected chi connectivity index (χ1v) is 11.7. The smallest absolute Gasteiger partial charge is 0.0287 e. The third-order valence-corrected chi connectivity index (χ3v) is 4.72. The molecule has 0 bridgehead atoms. The quantitative estimate of drug-likeness (QED) is 0.154. The topological polar surface area (TPSA) is 153 Å². The molecule has 0 fully saturated rings. The van der Waals surface area contributed by atoms with Crippen LogP contribution in [0.2, 0.25) is 0 Å². The molecular weight excluding hydrogens is 534 g/mol. The fourth-order valence-electron chi connectivity index (χ4n) is 1.28. The molecule has 5 N–H and O–H groups in total. The molecule has 0 aromatic heterocycles. The van der Waals surface area contributed by atoms with Gasteiger partial charge in [-0.15, -0.1) is 5.75 Å². The molecule has 2 atom stereocenters. The van der Waals surface area contributed by atoms with Crippen LogP contribution in [0.25, 0.3) is 0 Å². The standard InChI is InChI=1S/C9H14N2O7S.C4H10S3.CH2.Tc/c12-6(13)2-1-4(7(14)15)10-9(18)11-5(3-19)8(16)17;5-1-3-7-4-2-6;;/h4-5,19H,1-3H2,(H,12,13)(H,14,15)(H,16,17)(H2,10,11,18);5-6H,1-4H2;1H2;/q;;;+3/p-3. The van der Waals surface area contributed by atoms with E-state index >= 15 is 0 Å². The zero-order valence-corrected chi connectivity index (χ0v) is 19.9. The molecule has 28 heavy (non-hydrogen) atoms. The average Bonchev–Trinajstić information content (AvgIpc) is 2.65.